The van der Waals surface area contributed by atoms with Crippen molar-refractivity contribution in [3.63, 3.8) is 0 Å². The molecule has 3 nitrogen and oxygen atoms in total. The Bertz CT molecular complexity index is 515. The van der Waals surface area contributed by atoms with Crippen LogP contribution >= 0.6 is 34.8 Å². The van der Waals surface area contributed by atoms with Crippen molar-refractivity contribution in [1.29, 1.82) is 0 Å². The monoisotopic (exact) mass is 288 g/mol. The van der Waals surface area contributed by atoms with Crippen molar-refractivity contribution < 1.29 is 4.42 Å². The second-order valence-electron chi connectivity index (χ2n) is 3.13. The van der Waals surface area contributed by atoms with E-state index in [0.717, 1.165) is 0 Å². The molecule has 88 valence electrons. The topological polar surface area (TPSA) is 37.5 Å². The van der Waals surface area contributed by atoms with Gasteiger partial charge in [0, 0.05) is 5.02 Å². The standard InChI is InChI=1S/C11H7Cl3N2O/c12-7-4-9(13)11(10(14)5-7)16-15-6-8-2-1-3-17-8/h1-6,16H/b15-6+. The molecule has 0 spiro atoms. The molecule has 0 aliphatic carbocycles. The first kappa shape index (κ1) is 12.3. The van der Waals surface area contributed by atoms with Crippen LogP contribution in [0.2, 0.25) is 15.1 Å². The van der Waals surface area contributed by atoms with Gasteiger partial charge in [0.2, 0.25) is 0 Å². The summed E-state index contributed by atoms with van der Waals surface area (Å²) in [4.78, 5) is 0. The van der Waals surface area contributed by atoms with Gasteiger partial charge in [0.05, 0.1) is 28.2 Å². The quantitative estimate of drug-likeness (QED) is 0.657. The van der Waals surface area contributed by atoms with Crippen molar-refractivity contribution in [2.45, 2.75) is 0 Å². The van der Waals surface area contributed by atoms with Crippen molar-refractivity contribution in [1.82, 2.24) is 0 Å². The summed E-state index contributed by atoms with van der Waals surface area (Å²) in [6.45, 7) is 0. The Hall–Kier alpha value is -1.16. The number of nitrogens with one attached hydrogen (secondary N) is 1. The fourth-order valence-corrected chi connectivity index (χ4v) is 2.08. The maximum Gasteiger partial charge on any atom is 0.146 e. The molecule has 2 aromatic rings. The van der Waals surface area contributed by atoms with Gasteiger partial charge in [-0.05, 0) is 24.3 Å². The van der Waals surface area contributed by atoms with Crippen LogP contribution in [0.15, 0.2) is 40.0 Å². The molecule has 6 heteroatoms. The van der Waals surface area contributed by atoms with E-state index < -0.39 is 0 Å². The molecule has 2 rings (SSSR count). The first-order valence-electron chi connectivity index (χ1n) is 4.64. The van der Waals surface area contributed by atoms with Crippen LogP contribution in [0.5, 0.6) is 0 Å². The third kappa shape index (κ3) is 3.16. The minimum atomic E-state index is 0.402. The number of benzene rings is 1. The van der Waals surface area contributed by atoms with Crippen molar-refractivity contribution in [2.24, 2.45) is 5.10 Å². The van der Waals surface area contributed by atoms with Gasteiger partial charge in [0.15, 0.2) is 0 Å². The highest BCUT2D eigenvalue weighted by atomic mass is 35.5. The Labute approximate surface area is 113 Å². The smallest absolute Gasteiger partial charge is 0.146 e. The average molecular weight is 290 g/mol. The van der Waals surface area contributed by atoms with E-state index >= 15 is 0 Å². The number of hydrazone groups is 1. The summed E-state index contributed by atoms with van der Waals surface area (Å²) in [5, 5.41) is 5.23. The van der Waals surface area contributed by atoms with Gasteiger partial charge in [-0.3, -0.25) is 5.43 Å². The molecule has 0 unspecified atom stereocenters. The minimum absolute atomic E-state index is 0.402. The lowest BCUT2D eigenvalue weighted by Gasteiger charge is -2.05. The Morgan fingerprint density at radius 2 is 1.88 bits per heavy atom. The molecule has 0 aliphatic rings. The zero-order valence-electron chi connectivity index (χ0n) is 8.45. The zero-order chi connectivity index (χ0) is 12.3. The largest absolute Gasteiger partial charge is 0.463 e. The summed E-state index contributed by atoms with van der Waals surface area (Å²) in [6, 6.07) is 6.71. The molecule has 0 fully saturated rings. The van der Waals surface area contributed by atoms with Crippen LogP contribution in [-0.2, 0) is 0 Å². The van der Waals surface area contributed by atoms with E-state index in [1.807, 2.05) is 0 Å². The maximum atomic E-state index is 5.97. The lowest BCUT2D eigenvalue weighted by Crippen LogP contribution is -1.92. The summed E-state index contributed by atoms with van der Waals surface area (Å²) in [5.41, 5.74) is 3.23. The summed E-state index contributed by atoms with van der Waals surface area (Å²) in [5.74, 6) is 0.624. The van der Waals surface area contributed by atoms with E-state index in [1.165, 1.54) is 6.21 Å². The Morgan fingerprint density at radius 3 is 2.47 bits per heavy atom. The van der Waals surface area contributed by atoms with Gasteiger partial charge in [0.25, 0.3) is 0 Å². The molecule has 0 saturated heterocycles. The van der Waals surface area contributed by atoms with Gasteiger partial charge in [0.1, 0.15) is 5.76 Å². The number of hydrogen-bond donors (Lipinski definition) is 1. The summed E-state index contributed by atoms with van der Waals surface area (Å²) < 4.78 is 5.07. The second-order valence-corrected chi connectivity index (χ2v) is 4.38. The average Bonchev–Trinajstić information content (AvgIpc) is 2.74. The molecular formula is C11H7Cl3N2O. The van der Waals surface area contributed by atoms with Crippen molar-refractivity contribution in [3.8, 4) is 0 Å². The van der Waals surface area contributed by atoms with Gasteiger partial charge in [-0.25, -0.2) is 0 Å². The van der Waals surface area contributed by atoms with Crippen molar-refractivity contribution in [2.75, 3.05) is 5.43 Å². The molecule has 0 radical (unpaired) electrons. The minimum Gasteiger partial charge on any atom is -0.463 e. The Balaban J connectivity index is 2.14. The van der Waals surface area contributed by atoms with Crippen LogP contribution in [0.25, 0.3) is 0 Å². The van der Waals surface area contributed by atoms with Gasteiger partial charge in [-0.1, -0.05) is 34.8 Å². The van der Waals surface area contributed by atoms with E-state index in [9.17, 15) is 0 Å². The van der Waals surface area contributed by atoms with Crippen LogP contribution in [-0.4, -0.2) is 6.21 Å². The van der Waals surface area contributed by atoms with E-state index in [0.29, 0.717) is 26.5 Å². The number of furan rings is 1. The van der Waals surface area contributed by atoms with Crippen LogP contribution in [0.3, 0.4) is 0 Å². The molecule has 0 atom stereocenters. The van der Waals surface area contributed by atoms with Crippen molar-refractivity contribution in [3.05, 3.63) is 51.4 Å². The maximum absolute atomic E-state index is 5.97. The summed E-state index contributed by atoms with van der Waals surface area (Å²) in [7, 11) is 0. The summed E-state index contributed by atoms with van der Waals surface area (Å²) in [6.07, 6.45) is 3.07. The molecule has 0 amide bonds. The first-order chi connectivity index (χ1) is 8.16. The first-order valence-corrected chi connectivity index (χ1v) is 5.77. The van der Waals surface area contributed by atoms with Gasteiger partial charge < -0.3 is 4.42 Å². The van der Waals surface area contributed by atoms with E-state index in [1.54, 1.807) is 30.5 Å². The molecule has 1 aromatic heterocycles. The van der Waals surface area contributed by atoms with E-state index in [4.69, 9.17) is 39.2 Å². The fraction of sp³-hybridized carbons (Fsp3) is 0. The molecule has 0 bridgehead atoms. The lowest BCUT2D eigenvalue weighted by atomic mass is 10.3. The van der Waals surface area contributed by atoms with Crippen LogP contribution < -0.4 is 5.43 Å². The molecule has 0 aliphatic heterocycles. The number of halogens is 3. The SMILES string of the molecule is Clc1cc(Cl)c(N/N=C/c2ccco2)c(Cl)c1. The van der Waals surface area contributed by atoms with Gasteiger partial charge in [-0.2, -0.15) is 5.10 Å². The number of anilines is 1. The highest BCUT2D eigenvalue weighted by molar-refractivity contribution is 6.41. The van der Waals surface area contributed by atoms with Crippen LogP contribution in [0.4, 0.5) is 5.69 Å². The molecular weight excluding hydrogens is 282 g/mol. The Morgan fingerprint density at radius 1 is 1.18 bits per heavy atom. The lowest BCUT2D eigenvalue weighted by molar-refractivity contribution is 0.560. The number of rotatable bonds is 3. The molecule has 1 heterocycles. The normalized spacial score (nSPS) is 11.0. The van der Waals surface area contributed by atoms with Crippen LogP contribution in [0.1, 0.15) is 5.76 Å². The molecule has 1 N–H and O–H groups in total. The molecule has 17 heavy (non-hydrogen) atoms. The number of nitrogens with zero attached hydrogens (tertiary/aromatic N) is 1. The predicted octanol–water partition coefficient (Wildman–Crippen LogP) is 4.69. The van der Waals surface area contributed by atoms with Crippen LogP contribution in [0, 0.1) is 0 Å². The van der Waals surface area contributed by atoms with E-state index in [-0.39, 0.29) is 0 Å². The summed E-state index contributed by atoms with van der Waals surface area (Å²) >= 11 is 17.7. The highest BCUT2D eigenvalue weighted by Crippen LogP contribution is 2.33. The Kier molecular flexibility index (Phi) is 3.94. The molecule has 1 aromatic carbocycles. The zero-order valence-corrected chi connectivity index (χ0v) is 10.7. The van der Waals surface area contributed by atoms with Gasteiger partial charge in [-0.15, -0.1) is 0 Å². The highest BCUT2D eigenvalue weighted by Gasteiger charge is 2.06. The van der Waals surface area contributed by atoms with E-state index in [2.05, 4.69) is 10.5 Å². The third-order valence-corrected chi connectivity index (χ3v) is 2.73. The predicted molar refractivity (Wildman–Crippen MR) is 71.4 cm³/mol. The van der Waals surface area contributed by atoms with Crippen molar-refractivity contribution >= 4 is 46.7 Å². The fourth-order valence-electron chi connectivity index (χ4n) is 1.17. The molecule has 0 saturated carbocycles. The van der Waals surface area contributed by atoms with Gasteiger partial charge >= 0.3 is 0 Å². The third-order valence-electron chi connectivity index (χ3n) is 1.92. The second kappa shape index (κ2) is 5.45. The number of hydrogen-bond acceptors (Lipinski definition) is 3.